The lowest BCUT2D eigenvalue weighted by atomic mass is 10.2. The first-order valence-electron chi connectivity index (χ1n) is 5.96. The summed E-state index contributed by atoms with van der Waals surface area (Å²) in [7, 11) is 0. The molecule has 0 aliphatic heterocycles. The highest BCUT2D eigenvalue weighted by molar-refractivity contribution is 5.85. The number of rotatable bonds is 4. The molecule has 3 rings (SSSR count). The van der Waals surface area contributed by atoms with E-state index >= 15 is 0 Å². The van der Waals surface area contributed by atoms with Gasteiger partial charge in [-0.2, -0.15) is 0 Å². The average Bonchev–Trinajstić information content (AvgIpc) is 3.13. The van der Waals surface area contributed by atoms with Gasteiger partial charge in [-0.25, -0.2) is 9.97 Å². The topological polar surface area (TPSA) is 61.0 Å². The zero-order valence-corrected chi connectivity index (χ0v) is 9.60. The third-order valence-corrected chi connectivity index (χ3v) is 3.09. The Morgan fingerprint density at radius 2 is 2.18 bits per heavy atom. The number of nitrogens with zero attached hydrogens (tertiary/aromatic N) is 2. The summed E-state index contributed by atoms with van der Waals surface area (Å²) in [6, 6.07) is 5.60. The van der Waals surface area contributed by atoms with Gasteiger partial charge in [-0.3, -0.25) is 0 Å². The fourth-order valence-electron chi connectivity index (χ4n) is 1.89. The van der Waals surface area contributed by atoms with Crippen LogP contribution in [0, 0.1) is 5.92 Å². The van der Waals surface area contributed by atoms with Crippen LogP contribution in [0.25, 0.3) is 10.9 Å². The summed E-state index contributed by atoms with van der Waals surface area (Å²) < 4.78 is 5.72. The quantitative estimate of drug-likeness (QED) is 0.818. The Balaban J connectivity index is 1.81. The number of anilines is 1. The number of nitrogen functional groups attached to an aromatic ring is 1. The molecule has 0 amide bonds. The van der Waals surface area contributed by atoms with Crippen molar-refractivity contribution in [3.8, 4) is 5.88 Å². The van der Waals surface area contributed by atoms with Crippen LogP contribution in [0.4, 0.5) is 5.69 Å². The first-order chi connectivity index (χ1) is 8.33. The third kappa shape index (κ3) is 2.30. The molecule has 0 saturated heterocycles. The Morgan fingerprint density at radius 3 is 3.00 bits per heavy atom. The minimum atomic E-state index is 0.663. The number of nitrogens with two attached hydrogens (primary N) is 1. The maximum Gasteiger partial charge on any atom is 0.224 e. The molecule has 2 aromatic rings. The fourth-order valence-corrected chi connectivity index (χ4v) is 1.89. The van der Waals surface area contributed by atoms with E-state index in [1.165, 1.54) is 19.2 Å². The van der Waals surface area contributed by atoms with Crippen LogP contribution in [0.3, 0.4) is 0 Å². The summed E-state index contributed by atoms with van der Waals surface area (Å²) in [5.74, 6) is 1.54. The first kappa shape index (κ1) is 10.3. The largest absolute Gasteiger partial charge is 0.477 e. The Kier molecular flexibility index (Phi) is 2.55. The summed E-state index contributed by atoms with van der Waals surface area (Å²) in [4.78, 5) is 8.37. The molecule has 4 nitrogen and oxygen atoms in total. The Morgan fingerprint density at radius 1 is 1.29 bits per heavy atom. The predicted octanol–water partition coefficient (Wildman–Crippen LogP) is 2.39. The van der Waals surface area contributed by atoms with Crippen molar-refractivity contribution < 1.29 is 4.74 Å². The molecule has 88 valence electrons. The number of fused-ring (bicyclic) bond motifs is 1. The highest BCUT2D eigenvalue weighted by atomic mass is 16.5. The van der Waals surface area contributed by atoms with E-state index in [1.54, 1.807) is 0 Å². The fraction of sp³-hybridized carbons (Fsp3) is 0.385. The maximum atomic E-state index is 5.72. The van der Waals surface area contributed by atoms with Crippen molar-refractivity contribution in [1.29, 1.82) is 0 Å². The van der Waals surface area contributed by atoms with E-state index < -0.39 is 0 Å². The van der Waals surface area contributed by atoms with Gasteiger partial charge in [0.25, 0.3) is 0 Å². The number of hydrogen-bond donors (Lipinski definition) is 1. The molecule has 1 heterocycles. The summed E-state index contributed by atoms with van der Waals surface area (Å²) in [5, 5.41) is 0.928. The molecule has 0 unspecified atom stereocenters. The van der Waals surface area contributed by atoms with Crippen molar-refractivity contribution in [3.63, 3.8) is 0 Å². The monoisotopic (exact) mass is 229 g/mol. The van der Waals surface area contributed by atoms with E-state index in [1.807, 2.05) is 18.2 Å². The molecule has 1 fully saturated rings. The van der Waals surface area contributed by atoms with Gasteiger partial charge in [-0.1, -0.05) is 12.8 Å². The second-order valence-corrected chi connectivity index (χ2v) is 4.54. The van der Waals surface area contributed by atoms with Crippen molar-refractivity contribution in [3.05, 3.63) is 24.5 Å². The Labute approximate surface area is 99.8 Å². The molecule has 0 bridgehead atoms. The normalized spacial score (nSPS) is 15.1. The molecule has 4 heteroatoms. The van der Waals surface area contributed by atoms with E-state index in [4.69, 9.17) is 10.5 Å². The highest BCUT2D eigenvalue weighted by Crippen LogP contribution is 2.32. The Bertz CT molecular complexity index is 537. The lowest BCUT2D eigenvalue weighted by molar-refractivity contribution is 0.294. The molecule has 1 aromatic heterocycles. The van der Waals surface area contributed by atoms with Crippen LogP contribution in [-0.4, -0.2) is 16.6 Å². The summed E-state index contributed by atoms with van der Waals surface area (Å²) in [5.41, 5.74) is 7.26. The molecule has 0 spiro atoms. The molecule has 0 atom stereocenters. The van der Waals surface area contributed by atoms with Gasteiger partial charge in [0, 0.05) is 5.69 Å². The molecule has 17 heavy (non-hydrogen) atoms. The van der Waals surface area contributed by atoms with Gasteiger partial charge in [0.1, 0.15) is 6.33 Å². The lowest BCUT2D eigenvalue weighted by Crippen LogP contribution is -2.01. The second kappa shape index (κ2) is 4.20. The van der Waals surface area contributed by atoms with Crippen molar-refractivity contribution in [2.45, 2.75) is 19.3 Å². The third-order valence-electron chi connectivity index (χ3n) is 3.09. The van der Waals surface area contributed by atoms with Crippen LogP contribution in [0.1, 0.15) is 19.3 Å². The molecule has 1 aliphatic carbocycles. The standard InChI is InChI=1S/C13H15N3O/c14-10-3-4-11-12(7-10)15-8-16-13(11)17-6-5-9-1-2-9/h3-4,7-9H,1-2,5-6,14H2. The van der Waals surface area contributed by atoms with Crippen LogP contribution in [0.2, 0.25) is 0 Å². The molecule has 1 aliphatic rings. The molecular formula is C13H15N3O. The van der Waals surface area contributed by atoms with Gasteiger partial charge in [-0.05, 0) is 30.5 Å². The SMILES string of the molecule is Nc1ccc2c(OCCC3CC3)ncnc2c1. The Hall–Kier alpha value is -1.84. The molecule has 1 saturated carbocycles. The van der Waals surface area contributed by atoms with Gasteiger partial charge >= 0.3 is 0 Å². The van der Waals surface area contributed by atoms with Crippen LogP contribution in [0.5, 0.6) is 5.88 Å². The van der Waals surface area contributed by atoms with Crippen molar-refractivity contribution in [2.24, 2.45) is 5.92 Å². The predicted molar refractivity (Wildman–Crippen MR) is 66.8 cm³/mol. The minimum Gasteiger partial charge on any atom is -0.477 e. The second-order valence-electron chi connectivity index (χ2n) is 4.54. The maximum absolute atomic E-state index is 5.72. The van der Waals surface area contributed by atoms with Crippen LogP contribution in [-0.2, 0) is 0 Å². The van der Waals surface area contributed by atoms with E-state index in [0.29, 0.717) is 11.6 Å². The molecular weight excluding hydrogens is 214 g/mol. The zero-order chi connectivity index (χ0) is 11.7. The smallest absolute Gasteiger partial charge is 0.224 e. The highest BCUT2D eigenvalue weighted by Gasteiger charge is 2.20. The number of benzene rings is 1. The van der Waals surface area contributed by atoms with Crippen LogP contribution < -0.4 is 10.5 Å². The number of ether oxygens (including phenoxy) is 1. The molecule has 0 radical (unpaired) electrons. The average molecular weight is 229 g/mol. The van der Waals surface area contributed by atoms with Gasteiger partial charge in [0.15, 0.2) is 0 Å². The van der Waals surface area contributed by atoms with E-state index in [9.17, 15) is 0 Å². The van der Waals surface area contributed by atoms with Gasteiger partial charge in [0.2, 0.25) is 5.88 Å². The lowest BCUT2D eigenvalue weighted by Gasteiger charge is -2.07. The van der Waals surface area contributed by atoms with Crippen molar-refractivity contribution in [1.82, 2.24) is 9.97 Å². The van der Waals surface area contributed by atoms with Gasteiger partial charge in [-0.15, -0.1) is 0 Å². The first-order valence-corrected chi connectivity index (χ1v) is 5.96. The van der Waals surface area contributed by atoms with Gasteiger partial charge < -0.3 is 10.5 Å². The number of aromatic nitrogens is 2. The molecule has 1 aromatic carbocycles. The van der Waals surface area contributed by atoms with Crippen molar-refractivity contribution >= 4 is 16.6 Å². The summed E-state index contributed by atoms with van der Waals surface area (Å²) >= 11 is 0. The van der Waals surface area contributed by atoms with E-state index in [0.717, 1.165) is 29.8 Å². The van der Waals surface area contributed by atoms with E-state index in [2.05, 4.69) is 9.97 Å². The number of hydrogen-bond acceptors (Lipinski definition) is 4. The van der Waals surface area contributed by atoms with Gasteiger partial charge in [0.05, 0.1) is 17.5 Å². The van der Waals surface area contributed by atoms with Crippen LogP contribution in [0.15, 0.2) is 24.5 Å². The zero-order valence-electron chi connectivity index (χ0n) is 9.60. The molecule has 2 N–H and O–H groups in total. The van der Waals surface area contributed by atoms with E-state index in [-0.39, 0.29) is 0 Å². The van der Waals surface area contributed by atoms with Crippen LogP contribution >= 0.6 is 0 Å². The minimum absolute atomic E-state index is 0.663. The van der Waals surface area contributed by atoms with Crippen molar-refractivity contribution in [2.75, 3.05) is 12.3 Å². The summed E-state index contributed by atoms with van der Waals surface area (Å²) in [6.07, 6.45) is 5.35. The summed E-state index contributed by atoms with van der Waals surface area (Å²) in [6.45, 7) is 0.737.